The molecule has 0 bridgehead atoms. The second-order valence-electron chi connectivity index (χ2n) is 2.62. The number of aromatic nitrogens is 3. The predicted molar refractivity (Wildman–Crippen MR) is 52.4 cm³/mol. The Kier molecular flexibility index (Phi) is 3.75. The van der Waals surface area contributed by atoms with Crippen LogP contribution in [0, 0.1) is 0 Å². The second-order valence-corrected chi connectivity index (χ2v) is 3.02. The summed E-state index contributed by atoms with van der Waals surface area (Å²) in [6.07, 6.45) is 3.75. The standard InChI is InChI=1S/C7H12N4OS/c1-2-3-4-6(12)11(13)7-8-5-9-10-7/h5,13H,2-4H2,1H3,(H,8,9,10). The van der Waals surface area contributed by atoms with E-state index in [0.29, 0.717) is 12.4 Å². The van der Waals surface area contributed by atoms with Crippen LogP contribution in [0.1, 0.15) is 26.2 Å². The van der Waals surface area contributed by atoms with Crippen LogP contribution in [0.15, 0.2) is 6.33 Å². The van der Waals surface area contributed by atoms with Crippen LogP contribution in [-0.4, -0.2) is 21.1 Å². The van der Waals surface area contributed by atoms with Gasteiger partial charge >= 0.3 is 0 Å². The molecule has 1 aromatic rings. The molecule has 13 heavy (non-hydrogen) atoms. The Labute approximate surface area is 82.1 Å². The van der Waals surface area contributed by atoms with Crippen molar-refractivity contribution in [3.05, 3.63) is 6.33 Å². The quantitative estimate of drug-likeness (QED) is 0.717. The molecule has 5 nitrogen and oxygen atoms in total. The highest BCUT2D eigenvalue weighted by molar-refractivity contribution is 7.82. The lowest BCUT2D eigenvalue weighted by Gasteiger charge is -2.10. The predicted octanol–water partition coefficient (Wildman–Crippen LogP) is 1.17. The molecule has 0 aliphatic rings. The zero-order valence-electron chi connectivity index (χ0n) is 7.40. The summed E-state index contributed by atoms with van der Waals surface area (Å²) in [7, 11) is 0. The van der Waals surface area contributed by atoms with Crippen molar-refractivity contribution in [3.8, 4) is 0 Å². The zero-order valence-corrected chi connectivity index (χ0v) is 8.29. The maximum Gasteiger partial charge on any atom is 0.241 e. The molecule has 0 aromatic carbocycles. The van der Waals surface area contributed by atoms with Crippen LogP contribution in [0.5, 0.6) is 0 Å². The van der Waals surface area contributed by atoms with E-state index in [4.69, 9.17) is 0 Å². The number of rotatable bonds is 4. The Morgan fingerprint density at radius 1 is 1.77 bits per heavy atom. The monoisotopic (exact) mass is 200 g/mol. The van der Waals surface area contributed by atoms with Gasteiger partial charge in [0.25, 0.3) is 0 Å². The molecule has 1 N–H and O–H groups in total. The Morgan fingerprint density at radius 3 is 3.08 bits per heavy atom. The van der Waals surface area contributed by atoms with E-state index in [-0.39, 0.29) is 5.91 Å². The lowest BCUT2D eigenvalue weighted by molar-refractivity contribution is -0.117. The third-order valence-electron chi connectivity index (χ3n) is 1.58. The Balaban J connectivity index is 2.48. The minimum Gasteiger partial charge on any atom is -0.313 e. The van der Waals surface area contributed by atoms with Gasteiger partial charge in [-0.05, 0) is 6.42 Å². The van der Waals surface area contributed by atoms with Crippen LogP contribution in [0.25, 0.3) is 0 Å². The summed E-state index contributed by atoms with van der Waals surface area (Å²) < 4.78 is 1.18. The summed E-state index contributed by atoms with van der Waals surface area (Å²) in [6, 6.07) is 0. The first kappa shape index (κ1) is 10.0. The van der Waals surface area contributed by atoms with Crippen molar-refractivity contribution in [1.29, 1.82) is 0 Å². The van der Waals surface area contributed by atoms with E-state index in [1.54, 1.807) is 0 Å². The summed E-state index contributed by atoms with van der Waals surface area (Å²) in [4.78, 5) is 14.1. The van der Waals surface area contributed by atoms with E-state index < -0.39 is 0 Å². The van der Waals surface area contributed by atoms with Crippen molar-refractivity contribution in [2.45, 2.75) is 26.2 Å². The van der Waals surface area contributed by atoms with Crippen LogP contribution >= 0.6 is 12.8 Å². The summed E-state index contributed by atoms with van der Waals surface area (Å²) >= 11 is 4.00. The Bertz CT molecular complexity index is 261. The molecule has 0 fully saturated rings. The number of H-pyrrole nitrogens is 1. The third-order valence-corrected chi connectivity index (χ3v) is 2.00. The van der Waals surface area contributed by atoms with Crippen molar-refractivity contribution >= 4 is 24.7 Å². The van der Waals surface area contributed by atoms with Gasteiger partial charge in [0.1, 0.15) is 6.33 Å². The molecule has 0 radical (unpaired) electrons. The number of amides is 1. The van der Waals surface area contributed by atoms with E-state index in [2.05, 4.69) is 28.0 Å². The van der Waals surface area contributed by atoms with E-state index in [1.165, 1.54) is 10.6 Å². The van der Waals surface area contributed by atoms with Gasteiger partial charge in [-0.1, -0.05) is 26.2 Å². The molecule has 0 aliphatic carbocycles. The van der Waals surface area contributed by atoms with Gasteiger partial charge in [-0.25, -0.2) is 4.31 Å². The number of aromatic amines is 1. The van der Waals surface area contributed by atoms with Crippen molar-refractivity contribution in [2.75, 3.05) is 4.31 Å². The minimum absolute atomic E-state index is 0.0677. The molecule has 1 aromatic heterocycles. The molecule has 1 heterocycles. The van der Waals surface area contributed by atoms with Crippen LogP contribution in [0.2, 0.25) is 0 Å². The molecule has 72 valence electrons. The molecule has 0 saturated carbocycles. The maximum absolute atomic E-state index is 11.4. The van der Waals surface area contributed by atoms with Gasteiger partial charge in [0.05, 0.1) is 0 Å². The molecule has 0 atom stereocenters. The number of unbranched alkanes of at least 4 members (excludes halogenated alkanes) is 1. The summed E-state index contributed by atoms with van der Waals surface area (Å²) in [5.74, 6) is 0.298. The number of nitrogens with one attached hydrogen (secondary N) is 1. The van der Waals surface area contributed by atoms with E-state index >= 15 is 0 Å². The number of carbonyl (C=O) groups is 1. The Morgan fingerprint density at radius 2 is 2.54 bits per heavy atom. The maximum atomic E-state index is 11.4. The summed E-state index contributed by atoms with van der Waals surface area (Å²) in [6.45, 7) is 2.03. The normalized spacial score (nSPS) is 10.0. The largest absolute Gasteiger partial charge is 0.313 e. The molecule has 1 amide bonds. The number of thiol groups is 1. The SMILES string of the molecule is CCCCC(=O)N(S)c1nnc[nH]1. The molecule has 0 saturated heterocycles. The molecule has 6 heteroatoms. The smallest absolute Gasteiger partial charge is 0.241 e. The molecular formula is C7H12N4OS. The lowest BCUT2D eigenvalue weighted by Crippen LogP contribution is -2.21. The molecule has 0 aliphatic heterocycles. The highest BCUT2D eigenvalue weighted by Gasteiger charge is 2.13. The lowest BCUT2D eigenvalue weighted by atomic mass is 10.2. The first-order valence-corrected chi connectivity index (χ1v) is 4.53. The van der Waals surface area contributed by atoms with Gasteiger partial charge in [-0.2, -0.15) is 0 Å². The van der Waals surface area contributed by atoms with Crippen molar-refractivity contribution in [3.63, 3.8) is 0 Å². The van der Waals surface area contributed by atoms with Crippen molar-refractivity contribution in [1.82, 2.24) is 15.2 Å². The molecule has 0 spiro atoms. The van der Waals surface area contributed by atoms with Gasteiger partial charge in [0.2, 0.25) is 11.9 Å². The highest BCUT2D eigenvalue weighted by Crippen LogP contribution is 2.10. The fraction of sp³-hybridized carbons (Fsp3) is 0.571. The Hall–Kier alpha value is -1.04. The third kappa shape index (κ3) is 2.73. The van der Waals surface area contributed by atoms with E-state index in [9.17, 15) is 4.79 Å². The molecular weight excluding hydrogens is 188 g/mol. The van der Waals surface area contributed by atoms with Gasteiger partial charge < -0.3 is 4.98 Å². The van der Waals surface area contributed by atoms with E-state index in [0.717, 1.165) is 12.8 Å². The second kappa shape index (κ2) is 4.86. The average molecular weight is 200 g/mol. The summed E-state index contributed by atoms with van der Waals surface area (Å²) in [5.41, 5.74) is 0. The number of nitrogens with zero attached hydrogens (tertiary/aromatic N) is 3. The van der Waals surface area contributed by atoms with Gasteiger partial charge in [0, 0.05) is 6.42 Å². The van der Waals surface area contributed by atoms with E-state index in [1.807, 2.05) is 6.92 Å². The van der Waals surface area contributed by atoms with Crippen LogP contribution in [0.3, 0.4) is 0 Å². The van der Waals surface area contributed by atoms with Crippen molar-refractivity contribution < 1.29 is 4.79 Å². The minimum atomic E-state index is -0.0677. The number of hydrogen-bond acceptors (Lipinski definition) is 4. The fourth-order valence-electron chi connectivity index (χ4n) is 0.855. The summed E-state index contributed by atoms with van der Waals surface area (Å²) in [5, 5.41) is 7.23. The van der Waals surface area contributed by atoms with Crippen molar-refractivity contribution in [2.24, 2.45) is 0 Å². The van der Waals surface area contributed by atoms with Gasteiger partial charge in [0.15, 0.2) is 0 Å². The number of hydrogen-bond donors (Lipinski definition) is 2. The van der Waals surface area contributed by atoms with Crippen LogP contribution in [0.4, 0.5) is 5.95 Å². The van der Waals surface area contributed by atoms with Gasteiger partial charge in [-0.3, -0.25) is 4.79 Å². The number of carbonyl (C=O) groups excluding carboxylic acids is 1. The molecule has 1 rings (SSSR count). The topological polar surface area (TPSA) is 61.9 Å². The average Bonchev–Trinajstić information content (AvgIpc) is 2.65. The highest BCUT2D eigenvalue weighted by atomic mass is 32.1. The first-order chi connectivity index (χ1) is 6.25. The molecule has 0 unspecified atom stereocenters. The van der Waals surface area contributed by atoms with Crippen LogP contribution in [-0.2, 0) is 4.79 Å². The fourth-order valence-corrected chi connectivity index (χ4v) is 1.05. The van der Waals surface area contributed by atoms with Gasteiger partial charge in [-0.15, -0.1) is 10.2 Å². The number of anilines is 1. The van der Waals surface area contributed by atoms with Crippen LogP contribution < -0.4 is 4.31 Å². The first-order valence-electron chi connectivity index (χ1n) is 4.13. The zero-order chi connectivity index (χ0) is 9.68.